The van der Waals surface area contributed by atoms with Gasteiger partial charge in [-0.05, 0) is 38.1 Å². The summed E-state index contributed by atoms with van der Waals surface area (Å²) in [7, 11) is -1.69. The highest BCUT2D eigenvalue weighted by Gasteiger charge is 2.38. The molecule has 0 fully saturated rings. The minimum atomic E-state index is -1.69. The molecule has 1 unspecified atom stereocenters. The van der Waals surface area contributed by atoms with E-state index >= 15 is 0 Å². The van der Waals surface area contributed by atoms with Gasteiger partial charge >= 0.3 is 0 Å². The summed E-state index contributed by atoms with van der Waals surface area (Å²) in [5.74, 6) is 0. The summed E-state index contributed by atoms with van der Waals surface area (Å²) in [6.07, 6.45) is 7.68. The lowest BCUT2D eigenvalue weighted by Gasteiger charge is -2.34. The summed E-state index contributed by atoms with van der Waals surface area (Å²) < 4.78 is 6.08. The molecular formula is C12H19NOSi. The fourth-order valence-electron chi connectivity index (χ4n) is 1.81. The Morgan fingerprint density at radius 1 is 1.53 bits per heavy atom. The van der Waals surface area contributed by atoms with Gasteiger partial charge in [-0.25, -0.2) is 0 Å². The number of nitrogens with zero attached hydrogens (tertiary/aromatic N) is 1. The number of nitriles is 1. The van der Waals surface area contributed by atoms with Crippen molar-refractivity contribution in [2.24, 2.45) is 0 Å². The molecular weight excluding hydrogens is 202 g/mol. The van der Waals surface area contributed by atoms with Crippen LogP contribution in [0.5, 0.6) is 0 Å². The lowest BCUT2D eigenvalue weighted by molar-refractivity contribution is 0.151. The molecule has 0 aromatic rings. The van der Waals surface area contributed by atoms with Gasteiger partial charge in [0.2, 0.25) is 0 Å². The summed E-state index contributed by atoms with van der Waals surface area (Å²) in [4.78, 5) is 0. The van der Waals surface area contributed by atoms with Gasteiger partial charge in [-0.3, -0.25) is 0 Å². The molecule has 0 bridgehead atoms. The van der Waals surface area contributed by atoms with Gasteiger partial charge < -0.3 is 4.43 Å². The first-order valence-corrected chi connectivity index (χ1v) is 8.82. The Hall–Kier alpha value is -0.853. The standard InChI is InChI=1S/C12H19NOSi/c1-5-12(10-13,14-15(2,3)4)11-8-6-7-9-11/h6-8H,5,9H2,1-4H3. The molecule has 0 aliphatic heterocycles. The van der Waals surface area contributed by atoms with Crippen molar-refractivity contribution in [2.75, 3.05) is 0 Å². The van der Waals surface area contributed by atoms with E-state index in [9.17, 15) is 5.26 Å². The van der Waals surface area contributed by atoms with E-state index in [2.05, 4.69) is 31.8 Å². The van der Waals surface area contributed by atoms with Crippen LogP contribution >= 0.6 is 0 Å². The SMILES string of the molecule is CCC(C#N)(O[Si](C)(C)C)C1=CC=CC1. The Kier molecular flexibility index (Phi) is 3.53. The van der Waals surface area contributed by atoms with Crippen molar-refractivity contribution in [3.8, 4) is 6.07 Å². The third-order valence-electron chi connectivity index (χ3n) is 2.45. The maximum absolute atomic E-state index is 9.38. The molecule has 1 aliphatic carbocycles. The van der Waals surface area contributed by atoms with Gasteiger partial charge in [0.15, 0.2) is 13.9 Å². The van der Waals surface area contributed by atoms with Crippen molar-refractivity contribution in [1.82, 2.24) is 0 Å². The first-order valence-electron chi connectivity index (χ1n) is 5.41. The second-order valence-electron chi connectivity index (χ2n) is 4.83. The predicted octanol–water partition coefficient (Wildman–Crippen LogP) is 3.40. The molecule has 3 heteroatoms. The minimum absolute atomic E-state index is 0.687. The van der Waals surface area contributed by atoms with Crippen LogP contribution in [0.15, 0.2) is 23.8 Å². The highest BCUT2D eigenvalue weighted by atomic mass is 28.4. The lowest BCUT2D eigenvalue weighted by atomic mass is 9.92. The first kappa shape index (κ1) is 12.2. The topological polar surface area (TPSA) is 33.0 Å². The van der Waals surface area contributed by atoms with E-state index in [1.807, 2.05) is 19.1 Å². The van der Waals surface area contributed by atoms with E-state index in [1.54, 1.807) is 0 Å². The largest absolute Gasteiger partial charge is 0.397 e. The van der Waals surface area contributed by atoms with Crippen LogP contribution in [-0.4, -0.2) is 13.9 Å². The lowest BCUT2D eigenvalue weighted by Crippen LogP contribution is -2.42. The van der Waals surface area contributed by atoms with Crippen molar-refractivity contribution in [3.63, 3.8) is 0 Å². The zero-order valence-corrected chi connectivity index (χ0v) is 11.0. The van der Waals surface area contributed by atoms with Gasteiger partial charge in [0.1, 0.15) is 6.07 Å². The van der Waals surface area contributed by atoms with Crippen LogP contribution in [-0.2, 0) is 4.43 Å². The van der Waals surface area contributed by atoms with Crippen LogP contribution in [0, 0.1) is 11.3 Å². The number of hydrogen-bond acceptors (Lipinski definition) is 2. The Labute approximate surface area is 93.4 Å². The van der Waals surface area contributed by atoms with Gasteiger partial charge in [0.25, 0.3) is 0 Å². The average Bonchev–Trinajstić information content (AvgIpc) is 2.66. The molecule has 0 saturated heterocycles. The first-order chi connectivity index (χ1) is 6.93. The predicted molar refractivity (Wildman–Crippen MR) is 64.9 cm³/mol. The third kappa shape index (κ3) is 2.80. The molecule has 0 N–H and O–H groups in total. The van der Waals surface area contributed by atoms with Crippen molar-refractivity contribution in [2.45, 2.75) is 45.0 Å². The molecule has 1 aliphatic rings. The van der Waals surface area contributed by atoms with Gasteiger partial charge in [-0.2, -0.15) is 5.26 Å². The molecule has 0 heterocycles. The fourth-order valence-corrected chi connectivity index (χ4v) is 3.17. The van der Waals surface area contributed by atoms with Crippen LogP contribution < -0.4 is 0 Å². The van der Waals surface area contributed by atoms with Crippen LogP contribution in [0.1, 0.15) is 19.8 Å². The quantitative estimate of drug-likeness (QED) is 0.682. The zero-order chi connectivity index (χ0) is 11.5. The molecule has 2 nitrogen and oxygen atoms in total. The molecule has 1 rings (SSSR count). The average molecular weight is 221 g/mol. The number of allylic oxidation sites excluding steroid dienone is 3. The van der Waals surface area contributed by atoms with Gasteiger partial charge in [0.05, 0.1) is 0 Å². The summed E-state index contributed by atoms with van der Waals surface area (Å²) >= 11 is 0. The smallest absolute Gasteiger partial charge is 0.186 e. The van der Waals surface area contributed by atoms with Crippen LogP contribution in [0.25, 0.3) is 0 Å². The van der Waals surface area contributed by atoms with E-state index < -0.39 is 13.9 Å². The van der Waals surface area contributed by atoms with E-state index in [4.69, 9.17) is 4.43 Å². The highest BCUT2D eigenvalue weighted by Crippen LogP contribution is 2.33. The second kappa shape index (κ2) is 4.34. The van der Waals surface area contributed by atoms with E-state index in [0.717, 1.165) is 18.4 Å². The summed E-state index contributed by atoms with van der Waals surface area (Å²) in [5.41, 5.74) is 0.420. The number of hydrogen-bond donors (Lipinski definition) is 0. The molecule has 0 aromatic carbocycles. The fraction of sp³-hybridized carbons (Fsp3) is 0.583. The van der Waals surface area contributed by atoms with E-state index in [0.29, 0.717) is 0 Å². The molecule has 0 aromatic heterocycles. The summed E-state index contributed by atoms with van der Waals surface area (Å²) in [6.45, 7) is 8.38. The van der Waals surface area contributed by atoms with Crippen LogP contribution in [0.3, 0.4) is 0 Å². The van der Waals surface area contributed by atoms with Crippen molar-refractivity contribution >= 4 is 8.32 Å². The Balaban J connectivity index is 2.94. The highest BCUT2D eigenvalue weighted by molar-refractivity contribution is 6.69. The van der Waals surface area contributed by atoms with Crippen molar-refractivity contribution in [1.29, 1.82) is 5.26 Å². The summed E-state index contributed by atoms with van der Waals surface area (Å²) in [5, 5.41) is 9.38. The van der Waals surface area contributed by atoms with Crippen molar-refractivity contribution < 1.29 is 4.43 Å². The second-order valence-corrected chi connectivity index (χ2v) is 9.26. The molecule has 0 spiro atoms. The maximum atomic E-state index is 9.38. The Bertz CT molecular complexity index is 333. The van der Waals surface area contributed by atoms with E-state index in [-0.39, 0.29) is 0 Å². The molecule has 1 atom stereocenters. The zero-order valence-electron chi connectivity index (χ0n) is 10.0. The van der Waals surface area contributed by atoms with E-state index in [1.165, 1.54) is 0 Å². The monoisotopic (exact) mass is 221 g/mol. The minimum Gasteiger partial charge on any atom is -0.397 e. The van der Waals surface area contributed by atoms with Gasteiger partial charge in [-0.15, -0.1) is 0 Å². The molecule has 0 radical (unpaired) electrons. The van der Waals surface area contributed by atoms with Gasteiger partial charge in [0, 0.05) is 0 Å². The van der Waals surface area contributed by atoms with Crippen LogP contribution in [0.4, 0.5) is 0 Å². The number of rotatable bonds is 4. The molecule has 0 saturated carbocycles. The Morgan fingerprint density at radius 3 is 2.53 bits per heavy atom. The normalized spacial score (nSPS) is 19.5. The third-order valence-corrected chi connectivity index (χ3v) is 3.41. The Morgan fingerprint density at radius 2 is 2.20 bits per heavy atom. The molecule has 15 heavy (non-hydrogen) atoms. The maximum Gasteiger partial charge on any atom is 0.186 e. The van der Waals surface area contributed by atoms with Crippen molar-refractivity contribution in [3.05, 3.63) is 23.8 Å². The van der Waals surface area contributed by atoms with Gasteiger partial charge in [-0.1, -0.05) is 25.2 Å². The van der Waals surface area contributed by atoms with Crippen LogP contribution in [0.2, 0.25) is 19.6 Å². The molecule has 82 valence electrons. The molecule has 0 amide bonds. The summed E-state index contributed by atoms with van der Waals surface area (Å²) in [6, 6.07) is 2.37.